The highest BCUT2D eigenvalue weighted by molar-refractivity contribution is 6.20. The van der Waals surface area contributed by atoms with Gasteiger partial charge in [-0.05, 0) is 36.8 Å². The van der Waals surface area contributed by atoms with Gasteiger partial charge in [0.2, 0.25) is 0 Å². The van der Waals surface area contributed by atoms with Crippen LogP contribution < -0.4 is 10.2 Å². The summed E-state index contributed by atoms with van der Waals surface area (Å²) in [5.74, 6) is 0.292. The minimum atomic E-state index is -0.715. The molecule has 3 aromatic carbocycles. The quantitative estimate of drug-likeness (QED) is 0.115. The fourth-order valence-corrected chi connectivity index (χ4v) is 4.26. The Balaban J connectivity index is 1.58. The average molecular weight is 510 g/mol. The monoisotopic (exact) mass is 510 g/mol. The predicted octanol–water partition coefficient (Wildman–Crippen LogP) is 5.83. The second-order valence-electron chi connectivity index (χ2n) is 8.60. The van der Waals surface area contributed by atoms with Crippen LogP contribution in [0.1, 0.15) is 27.0 Å². The molecule has 0 saturated carbocycles. The van der Waals surface area contributed by atoms with Gasteiger partial charge in [-0.1, -0.05) is 24.3 Å². The third-order valence-corrected chi connectivity index (χ3v) is 6.07. The Morgan fingerprint density at radius 3 is 2.29 bits per heavy atom. The van der Waals surface area contributed by atoms with Crippen LogP contribution in [0.4, 0.5) is 11.4 Å². The zero-order valence-corrected chi connectivity index (χ0v) is 19.9. The first-order valence-electron chi connectivity index (χ1n) is 11.4. The lowest BCUT2D eigenvalue weighted by Crippen LogP contribution is -2.09. The molecule has 188 valence electrons. The molecule has 0 radical (unpaired) electrons. The van der Waals surface area contributed by atoms with Gasteiger partial charge in [0.05, 0.1) is 15.9 Å². The topological polar surface area (TPSA) is 143 Å². The molecule has 0 saturated heterocycles. The molecule has 0 spiro atoms. The molecule has 1 aliphatic heterocycles. The molecule has 0 N–H and O–H groups in total. The van der Waals surface area contributed by atoms with Crippen molar-refractivity contribution in [3.63, 3.8) is 0 Å². The Hall–Kier alpha value is -5.38. The van der Waals surface area contributed by atoms with Crippen LogP contribution in [0.15, 0.2) is 88.1 Å². The lowest BCUT2D eigenvalue weighted by Gasteiger charge is -2.15. The molecule has 10 heteroatoms. The van der Waals surface area contributed by atoms with Crippen LogP contribution in [0, 0.1) is 27.2 Å². The highest BCUT2D eigenvalue weighted by atomic mass is 16.6. The van der Waals surface area contributed by atoms with Crippen LogP contribution in [-0.4, -0.2) is 15.6 Å². The number of ether oxygens (including phenoxy) is 1. The first-order chi connectivity index (χ1) is 18.2. The van der Waals surface area contributed by atoms with Gasteiger partial charge in [0.15, 0.2) is 11.2 Å². The number of ketones is 1. The molecule has 0 aromatic heterocycles. The van der Waals surface area contributed by atoms with Crippen molar-refractivity contribution in [1.29, 1.82) is 0 Å². The van der Waals surface area contributed by atoms with E-state index in [2.05, 4.69) is 0 Å². The van der Waals surface area contributed by atoms with E-state index in [4.69, 9.17) is 9.15 Å². The van der Waals surface area contributed by atoms with Gasteiger partial charge in [-0.3, -0.25) is 29.8 Å². The van der Waals surface area contributed by atoms with Crippen molar-refractivity contribution in [1.82, 2.24) is 0 Å². The van der Waals surface area contributed by atoms with Crippen LogP contribution in [0.25, 0.3) is 22.3 Å². The van der Waals surface area contributed by atoms with Crippen LogP contribution in [0.5, 0.6) is 5.75 Å². The average Bonchev–Trinajstić information content (AvgIpc) is 2.90. The fraction of sp³-hybridized carbons (Fsp3) is 0.0714. The number of hydrogen-bond donors (Lipinski definition) is 0. The van der Waals surface area contributed by atoms with E-state index in [9.17, 15) is 29.8 Å². The largest absolute Gasteiger partial charge is 0.489 e. The first-order valence-corrected chi connectivity index (χ1v) is 11.4. The molecular weight excluding hydrogens is 492 g/mol. The molecule has 1 heterocycles. The van der Waals surface area contributed by atoms with Crippen molar-refractivity contribution in [2.75, 3.05) is 0 Å². The maximum Gasteiger partial charge on any atom is 0.276 e. The maximum absolute atomic E-state index is 13.7. The molecule has 0 fully saturated rings. The number of non-ortho nitro benzene ring substituents is 2. The van der Waals surface area contributed by atoms with E-state index in [0.29, 0.717) is 27.8 Å². The second kappa shape index (κ2) is 9.58. The number of aryl methyl sites for hydroxylation is 1. The molecule has 0 amide bonds. The van der Waals surface area contributed by atoms with Gasteiger partial charge in [-0.2, -0.15) is 0 Å². The molecule has 3 aromatic rings. The summed E-state index contributed by atoms with van der Waals surface area (Å²) in [5.41, 5.74) is 1.55. The second-order valence-corrected chi connectivity index (χ2v) is 8.60. The Morgan fingerprint density at radius 2 is 1.61 bits per heavy atom. The highest BCUT2D eigenvalue weighted by Crippen LogP contribution is 2.36. The summed E-state index contributed by atoms with van der Waals surface area (Å²) in [6.45, 7) is 1.65. The van der Waals surface area contributed by atoms with Gasteiger partial charge in [-0.15, -0.1) is 0 Å². The van der Waals surface area contributed by atoms with Gasteiger partial charge < -0.3 is 9.15 Å². The van der Waals surface area contributed by atoms with E-state index in [0.717, 1.165) is 11.6 Å². The summed E-state index contributed by atoms with van der Waals surface area (Å²) in [7, 11) is 0. The summed E-state index contributed by atoms with van der Waals surface area (Å²) in [6.07, 6.45) is 0. The number of nitro benzene ring substituents is 2. The summed E-state index contributed by atoms with van der Waals surface area (Å²) >= 11 is 0. The van der Waals surface area contributed by atoms with Crippen molar-refractivity contribution in [3.8, 4) is 17.1 Å². The Kier molecular flexibility index (Phi) is 6.13. The van der Waals surface area contributed by atoms with Crippen molar-refractivity contribution in [2.24, 2.45) is 0 Å². The minimum absolute atomic E-state index is 0.193. The number of nitro groups is 2. The molecule has 10 nitrogen and oxygen atoms in total. The highest BCUT2D eigenvalue weighted by Gasteiger charge is 2.24. The number of nitrogens with zero attached hydrogens (tertiary/aromatic N) is 2. The predicted molar refractivity (Wildman–Crippen MR) is 138 cm³/mol. The summed E-state index contributed by atoms with van der Waals surface area (Å²) in [5, 5.41) is 22.8. The zero-order valence-electron chi connectivity index (χ0n) is 19.9. The van der Waals surface area contributed by atoms with Gasteiger partial charge in [-0.25, -0.2) is 0 Å². The van der Waals surface area contributed by atoms with E-state index >= 15 is 0 Å². The fourth-order valence-electron chi connectivity index (χ4n) is 4.26. The van der Waals surface area contributed by atoms with Crippen molar-refractivity contribution >= 4 is 28.1 Å². The van der Waals surface area contributed by atoms with Gasteiger partial charge in [0.1, 0.15) is 23.7 Å². The van der Waals surface area contributed by atoms with Gasteiger partial charge >= 0.3 is 0 Å². The van der Waals surface area contributed by atoms with Crippen LogP contribution in [-0.2, 0) is 6.61 Å². The van der Waals surface area contributed by atoms with E-state index in [1.165, 1.54) is 30.3 Å². The minimum Gasteiger partial charge on any atom is -0.489 e. The normalized spacial score (nSPS) is 11.0. The summed E-state index contributed by atoms with van der Waals surface area (Å²) in [6, 6.07) is 19.5. The number of rotatable bonds is 7. The Morgan fingerprint density at radius 1 is 0.895 bits per heavy atom. The molecule has 1 aliphatic carbocycles. The Labute approximate surface area is 214 Å². The number of benzene rings is 4. The Bertz CT molecular complexity index is 1760. The van der Waals surface area contributed by atoms with Crippen LogP contribution >= 0.6 is 0 Å². The van der Waals surface area contributed by atoms with Gasteiger partial charge in [0.25, 0.3) is 11.4 Å². The van der Waals surface area contributed by atoms with Crippen LogP contribution in [0.2, 0.25) is 0 Å². The number of hydrogen-bond acceptors (Lipinski definition) is 8. The van der Waals surface area contributed by atoms with Crippen molar-refractivity contribution in [3.05, 3.63) is 132 Å². The van der Waals surface area contributed by atoms with E-state index in [1.807, 2.05) is 19.1 Å². The smallest absolute Gasteiger partial charge is 0.276 e. The molecular formula is C28H18N2O8. The standard InChI is InChI=1S/C28H18N2O8/c1-16-4-2-3-5-22(16)28(32)27-23-8-6-20(31)13-25(23)38-26-14-21(7-9-24(26)27)37-15-17-10-18(29(33)34)12-19(11-17)30(35)36/h2-14H,15H2,1H3. The molecule has 2 aliphatic rings. The number of carbonyl (C=O) groups excluding carboxylic acids is 1. The van der Waals surface area contributed by atoms with Crippen LogP contribution in [0.3, 0.4) is 0 Å². The van der Waals surface area contributed by atoms with Crippen molar-refractivity contribution in [2.45, 2.75) is 13.5 Å². The molecule has 0 bridgehead atoms. The lowest BCUT2D eigenvalue weighted by molar-refractivity contribution is -0.394. The summed E-state index contributed by atoms with van der Waals surface area (Å²) in [4.78, 5) is 46.6. The SMILES string of the molecule is Cc1ccccc1C(=O)c1c2ccc(=O)cc-2oc2cc(OCc3cc([N+](=O)[O-])cc([N+](=O)[O-])c3)ccc12. The van der Waals surface area contributed by atoms with E-state index in [1.54, 1.807) is 30.3 Å². The molecule has 0 atom stereocenters. The third kappa shape index (κ3) is 4.58. The molecule has 5 rings (SSSR count). The van der Waals surface area contributed by atoms with Gasteiger partial charge in [0, 0.05) is 51.9 Å². The first kappa shape index (κ1) is 24.3. The van der Waals surface area contributed by atoms with E-state index in [-0.39, 0.29) is 34.7 Å². The molecule has 38 heavy (non-hydrogen) atoms. The summed E-state index contributed by atoms with van der Waals surface area (Å²) < 4.78 is 11.7. The maximum atomic E-state index is 13.7. The number of fused-ring (bicyclic) bond motifs is 2. The third-order valence-electron chi connectivity index (χ3n) is 6.07. The number of carbonyl (C=O) groups is 1. The lowest BCUT2D eigenvalue weighted by atomic mass is 9.91. The zero-order chi connectivity index (χ0) is 27.0. The van der Waals surface area contributed by atoms with E-state index < -0.39 is 21.2 Å². The molecule has 0 unspecified atom stereocenters. The van der Waals surface area contributed by atoms with Crippen molar-refractivity contribution < 1.29 is 23.8 Å².